The Kier molecular flexibility index (Phi) is 3.51. The van der Waals surface area contributed by atoms with Gasteiger partial charge in [-0.2, -0.15) is 0 Å². The lowest BCUT2D eigenvalue weighted by molar-refractivity contribution is 0.111. The second kappa shape index (κ2) is 5.87. The molecule has 0 saturated heterocycles. The largest absolute Gasteiger partial charge is 0.376 e. The highest BCUT2D eigenvalue weighted by Gasteiger charge is 2.20. The molecule has 2 aromatic carbocycles. The Labute approximate surface area is 151 Å². The van der Waals surface area contributed by atoms with E-state index in [9.17, 15) is 0 Å². The molecule has 4 heteroatoms. The molecule has 1 aromatic heterocycles. The van der Waals surface area contributed by atoms with Gasteiger partial charge in [0.1, 0.15) is 0 Å². The van der Waals surface area contributed by atoms with E-state index in [0.29, 0.717) is 13.2 Å². The van der Waals surface area contributed by atoms with Crippen LogP contribution in [0.15, 0.2) is 59.7 Å². The fourth-order valence-electron chi connectivity index (χ4n) is 3.67. The summed E-state index contributed by atoms with van der Waals surface area (Å²) in [6.45, 7) is 2.16. The van der Waals surface area contributed by atoms with Crippen molar-refractivity contribution in [2.75, 3.05) is 6.61 Å². The van der Waals surface area contributed by atoms with Gasteiger partial charge in [0.15, 0.2) is 0 Å². The molecule has 0 saturated carbocycles. The molecule has 0 radical (unpaired) electrons. The van der Waals surface area contributed by atoms with Crippen LogP contribution in [-0.2, 0) is 24.3 Å². The van der Waals surface area contributed by atoms with Crippen molar-refractivity contribution in [1.82, 2.24) is 4.57 Å². The lowest BCUT2D eigenvalue weighted by atomic mass is 9.97. The van der Waals surface area contributed by atoms with E-state index < -0.39 is 0 Å². The number of hydrogen-bond donors (Lipinski definition) is 0. The van der Waals surface area contributed by atoms with Gasteiger partial charge in [-0.3, -0.25) is 4.99 Å². The maximum Gasteiger partial charge on any atom is 0.0891 e. The number of hydrogen-bond acceptors (Lipinski definition) is 2. The Morgan fingerprint density at radius 3 is 2.88 bits per heavy atom. The van der Waals surface area contributed by atoms with E-state index in [1.165, 1.54) is 22.3 Å². The molecule has 5 rings (SSSR count). The number of aliphatic imine (C=N–C) groups is 1. The average molecular weight is 349 g/mol. The molecular formula is C21H17ClN2O. The highest BCUT2D eigenvalue weighted by molar-refractivity contribution is 6.30. The van der Waals surface area contributed by atoms with Crippen LogP contribution >= 0.6 is 11.6 Å². The molecule has 0 fully saturated rings. The Morgan fingerprint density at radius 1 is 1.00 bits per heavy atom. The van der Waals surface area contributed by atoms with Crippen LogP contribution in [0.5, 0.6) is 0 Å². The number of halogens is 1. The van der Waals surface area contributed by atoms with Crippen LogP contribution in [-0.4, -0.2) is 16.9 Å². The molecule has 3 heterocycles. The van der Waals surface area contributed by atoms with Crippen LogP contribution in [0.3, 0.4) is 0 Å². The normalized spacial score (nSPS) is 15.6. The average Bonchev–Trinajstić information content (AvgIpc) is 3.07. The zero-order valence-electron chi connectivity index (χ0n) is 13.7. The summed E-state index contributed by atoms with van der Waals surface area (Å²) in [5, 5.41) is 0.746. The first-order valence-corrected chi connectivity index (χ1v) is 8.88. The first-order valence-electron chi connectivity index (χ1n) is 8.50. The van der Waals surface area contributed by atoms with E-state index >= 15 is 0 Å². The SMILES string of the molecule is Clc1ccc2c(c1)-n1cccc1C(c1ccc3c(c1)CCOC3)=NC2. The third kappa shape index (κ3) is 2.51. The van der Waals surface area contributed by atoms with Crippen molar-refractivity contribution in [2.24, 2.45) is 4.99 Å². The van der Waals surface area contributed by atoms with Gasteiger partial charge < -0.3 is 9.30 Å². The summed E-state index contributed by atoms with van der Waals surface area (Å²) in [5.41, 5.74) is 8.25. The molecule has 0 atom stereocenters. The predicted octanol–water partition coefficient (Wildman–Crippen LogP) is 4.55. The third-order valence-corrected chi connectivity index (χ3v) is 5.19. The quantitative estimate of drug-likeness (QED) is 0.633. The standard InChI is InChI=1S/C21H17ClN2O/c22-18-6-5-16-12-23-21(19-2-1-8-24(19)20(16)11-18)15-3-4-17-13-25-9-7-14(17)10-15/h1-6,8,10-11H,7,9,12-13H2. The summed E-state index contributed by atoms with van der Waals surface area (Å²) in [4.78, 5) is 4.95. The van der Waals surface area contributed by atoms with Gasteiger partial charge in [0, 0.05) is 16.8 Å². The van der Waals surface area contributed by atoms with Crippen LogP contribution in [0, 0.1) is 0 Å². The third-order valence-electron chi connectivity index (χ3n) is 4.96. The van der Waals surface area contributed by atoms with Crippen LogP contribution in [0.4, 0.5) is 0 Å². The van der Waals surface area contributed by atoms with E-state index in [0.717, 1.165) is 35.1 Å². The summed E-state index contributed by atoms with van der Waals surface area (Å²) >= 11 is 6.23. The number of ether oxygens (including phenoxy) is 1. The van der Waals surface area contributed by atoms with Gasteiger partial charge in [-0.15, -0.1) is 0 Å². The highest BCUT2D eigenvalue weighted by Crippen LogP contribution is 2.28. The van der Waals surface area contributed by atoms with Gasteiger partial charge >= 0.3 is 0 Å². The van der Waals surface area contributed by atoms with Crippen molar-refractivity contribution in [1.29, 1.82) is 0 Å². The second-order valence-electron chi connectivity index (χ2n) is 6.49. The molecule has 0 unspecified atom stereocenters. The van der Waals surface area contributed by atoms with Gasteiger partial charge in [0.05, 0.1) is 36.9 Å². The minimum absolute atomic E-state index is 0.656. The number of aromatic nitrogens is 1. The van der Waals surface area contributed by atoms with Crippen LogP contribution in [0.1, 0.15) is 27.9 Å². The zero-order chi connectivity index (χ0) is 16.8. The Balaban J connectivity index is 1.66. The summed E-state index contributed by atoms with van der Waals surface area (Å²) in [6.07, 6.45) is 3.05. The molecule has 3 nitrogen and oxygen atoms in total. The maximum absolute atomic E-state index is 6.23. The van der Waals surface area contributed by atoms with E-state index in [1.807, 2.05) is 12.1 Å². The van der Waals surface area contributed by atoms with Gasteiger partial charge in [0.25, 0.3) is 0 Å². The highest BCUT2D eigenvalue weighted by atomic mass is 35.5. The van der Waals surface area contributed by atoms with E-state index in [4.69, 9.17) is 21.3 Å². The Morgan fingerprint density at radius 2 is 1.92 bits per heavy atom. The van der Waals surface area contributed by atoms with Crippen molar-refractivity contribution >= 4 is 17.3 Å². The van der Waals surface area contributed by atoms with Crippen molar-refractivity contribution < 1.29 is 4.74 Å². The molecule has 124 valence electrons. The molecular weight excluding hydrogens is 332 g/mol. The minimum Gasteiger partial charge on any atom is -0.376 e. The predicted molar refractivity (Wildman–Crippen MR) is 99.9 cm³/mol. The number of nitrogens with zero attached hydrogens (tertiary/aromatic N) is 2. The van der Waals surface area contributed by atoms with Gasteiger partial charge in [0.2, 0.25) is 0 Å². The van der Waals surface area contributed by atoms with Crippen LogP contribution in [0.25, 0.3) is 5.69 Å². The van der Waals surface area contributed by atoms with Gasteiger partial charge in [-0.1, -0.05) is 29.8 Å². The summed E-state index contributed by atoms with van der Waals surface area (Å²) in [6, 6.07) is 16.8. The molecule has 0 bridgehead atoms. The first kappa shape index (κ1) is 14.9. The topological polar surface area (TPSA) is 26.5 Å². The number of fused-ring (bicyclic) bond motifs is 4. The summed E-state index contributed by atoms with van der Waals surface area (Å²) in [5.74, 6) is 0. The molecule has 2 aliphatic heterocycles. The van der Waals surface area contributed by atoms with E-state index in [2.05, 4.69) is 47.2 Å². The lowest BCUT2D eigenvalue weighted by Gasteiger charge is -2.18. The molecule has 0 aliphatic carbocycles. The first-order chi connectivity index (χ1) is 12.3. The van der Waals surface area contributed by atoms with Gasteiger partial charge in [-0.25, -0.2) is 0 Å². The van der Waals surface area contributed by atoms with E-state index in [-0.39, 0.29) is 0 Å². The lowest BCUT2D eigenvalue weighted by Crippen LogP contribution is -2.13. The molecule has 0 spiro atoms. The molecule has 3 aromatic rings. The summed E-state index contributed by atoms with van der Waals surface area (Å²) < 4.78 is 7.74. The minimum atomic E-state index is 0.656. The second-order valence-corrected chi connectivity index (χ2v) is 6.92. The van der Waals surface area contributed by atoms with E-state index in [1.54, 1.807) is 0 Å². The molecule has 0 amide bonds. The fraction of sp³-hybridized carbons (Fsp3) is 0.190. The van der Waals surface area contributed by atoms with Crippen LogP contribution in [0.2, 0.25) is 5.02 Å². The fourth-order valence-corrected chi connectivity index (χ4v) is 3.84. The monoisotopic (exact) mass is 348 g/mol. The molecule has 25 heavy (non-hydrogen) atoms. The smallest absolute Gasteiger partial charge is 0.0891 e. The number of rotatable bonds is 1. The van der Waals surface area contributed by atoms with Crippen molar-refractivity contribution in [3.8, 4) is 5.69 Å². The van der Waals surface area contributed by atoms with Crippen molar-refractivity contribution in [3.05, 3.63) is 87.7 Å². The molecule has 2 aliphatic rings. The zero-order valence-corrected chi connectivity index (χ0v) is 14.5. The number of benzene rings is 2. The Bertz CT molecular complexity index is 1000. The maximum atomic E-state index is 6.23. The van der Waals surface area contributed by atoms with Crippen LogP contribution < -0.4 is 0 Å². The van der Waals surface area contributed by atoms with Crippen molar-refractivity contribution in [3.63, 3.8) is 0 Å². The van der Waals surface area contributed by atoms with Crippen molar-refractivity contribution in [2.45, 2.75) is 19.6 Å². The van der Waals surface area contributed by atoms with Gasteiger partial charge in [-0.05, 0) is 53.4 Å². The molecule has 0 N–H and O–H groups in total. The Hall–Kier alpha value is -2.36. The summed E-state index contributed by atoms with van der Waals surface area (Å²) in [7, 11) is 0.